The summed E-state index contributed by atoms with van der Waals surface area (Å²) in [5.41, 5.74) is 2.17. The van der Waals surface area contributed by atoms with E-state index in [2.05, 4.69) is 10.5 Å². The highest BCUT2D eigenvalue weighted by molar-refractivity contribution is 6.31. The molecule has 4 nitrogen and oxygen atoms in total. The molecule has 0 fully saturated rings. The number of nitrogens with zero attached hydrogens (tertiary/aromatic N) is 1. The quantitative estimate of drug-likeness (QED) is 0.516. The third kappa shape index (κ3) is 3.16. The van der Waals surface area contributed by atoms with Gasteiger partial charge in [-0.15, -0.1) is 0 Å². The molecule has 102 valence electrons. The van der Waals surface area contributed by atoms with Crippen molar-refractivity contribution in [3.8, 4) is 0 Å². The Balaban J connectivity index is 2.54. The highest BCUT2D eigenvalue weighted by atomic mass is 35.5. The SMILES string of the molecule is CC(=O)Nc1ccc(Cl)cc1/C(=N\O)c1ccccc1. The summed E-state index contributed by atoms with van der Waals surface area (Å²) in [4.78, 5) is 11.3. The number of hydrogen-bond donors (Lipinski definition) is 2. The molecule has 0 unspecified atom stereocenters. The average Bonchev–Trinajstić information content (AvgIpc) is 2.43. The number of carbonyl (C=O) groups is 1. The van der Waals surface area contributed by atoms with E-state index in [0.29, 0.717) is 22.0 Å². The number of halogens is 1. The van der Waals surface area contributed by atoms with Crippen LogP contribution in [0.15, 0.2) is 53.7 Å². The van der Waals surface area contributed by atoms with Crippen LogP contribution in [0.25, 0.3) is 0 Å². The summed E-state index contributed by atoms with van der Waals surface area (Å²) >= 11 is 5.99. The summed E-state index contributed by atoms with van der Waals surface area (Å²) < 4.78 is 0. The van der Waals surface area contributed by atoms with Crippen LogP contribution in [-0.2, 0) is 4.79 Å². The van der Waals surface area contributed by atoms with E-state index in [0.717, 1.165) is 5.56 Å². The van der Waals surface area contributed by atoms with E-state index in [1.807, 2.05) is 30.3 Å². The van der Waals surface area contributed by atoms with Crippen LogP contribution in [-0.4, -0.2) is 16.8 Å². The summed E-state index contributed by atoms with van der Waals surface area (Å²) in [5, 5.41) is 15.8. The minimum atomic E-state index is -0.209. The second kappa shape index (κ2) is 6.21. The minimum absolute atomic E-state index is 0.209. The Hall–Kier alpha value is -2.33. The Labute approximate surface area is 121 Å². The molecule has 0 aliphatic rings. The van der Waals surface area contributed by atoms with Gasteiger partial charge in [-0.2, -0.15) is 0 Å². The van der Waals surface area contributed by atoms with Gasteiger partial charge in [0.05, 0.1) is 5.69 Å². The smallest absolute Gasteiger partial charge is 0.221 e. The molecule has 1 amide bonds. The van der Waals surface area contributed by atoms with E-state index in [9.17, 15) is 10.0 Å². The van der Waals surface area contributed by atoms with Crippen LogP contribution >= 0.6 is 11.6 Å². The summed E-state index contributed by atoms with van der Waals surface area (Å²) in [6.07, 6.45) is 0. The highest BCUT2D eigenvalue weighted by Gasteiger charge is 2.14. The number of anilines is 1. The molecule has 20 heavy (non-hydrogen) atoms. The highest BCUT2D eigenvalue weighted by Crippen LogP contribution is 2.24. The Morgan fingerprint density at radius 3 is 2.50 bits per heavy atom. The first-order valence-corrected chi connectivity index (χ1v) is 6.34. The van der Waals surface area contributed by atoms with Crippen molar-refractivity contribution < 1.29 is 10.0 Å². The summed E-state index contributed by atoms with van der Waals surface area (Å²) in [6.45, 7) is 1.41. The maximum absolute atomic E-state index is 11.3. The monoisotopic (exact) mass is 288 g/mol. The largest absolute Gasteiger partial charge is 0.410 e. The fourth-order valence-corrected chi connectivity index (χ4v) is 2.05. The fourth-order valence-electron chi connectivity index (χ4n) is 1.87. The second-order valence-electron chi connectivity index (χ2n) is 4.19. The third-order valence-electron chi connectivity index (χ3n) is 2.69. The second-order valence-corrected chi connectivity index (χ2v) is 4.62. The number of nitrogens with one attached hydrogen (secondary N) is 1. The Morgan fingerprint density at radius 2 is 1.90 bits per heavy atom. The van der Waals surface area contributed by atoms with Crippen LogP contribution < -0.4 is 5.32 Å². The number of rotatable bonds is 3. The number of hydrogen-bond acceptors (Lipinski definition) is 3. The van der Waals surface area contributed by atoms with Gasteiger partial charge >= 0.3 is 0 Å². The molecule has 0 aromatic heterocycles. The Bertz CT molecular complexity index is 654. The van der Waals surface area contributed by atoms with Gasteiger partial charge in [-0.3, -0.25) is 4.79 Å². The number of benzene rings is 2. The minimum Gasteiger partial charge on any atom is -0.410 e. The molecule has 0 saturated heterocycles. The predicted octanol–water partition coefficient (Wildman–Crippen LogP) is 3.53. The van der Waals surface area contributed by atoms with Crippen molar-refractivity contribution in [3.05, 3.63) is 64.7 Å². The first kappa shape index (κ1) is 14.1. The Morgan fingerprint density at radius 1 is 1.20 bits per heavy atom. The molecule has 0 bridgehead atoms. The maximum atomic E-state index is 11.3. The lowest BCUT2D eigenvalue weighted by Gasteiger charge is -2.12. The molecule has 0 radical (unpaired) electrons. The topological polar surface area (TPSA) is 61.7 Å². The summed E-state index contributed by atoms with van der Waals surface area (Å²) in [5.74, 6) is -0.209. The van der Waals surface area contributed by atoms with Gasteiger partial charge in [-0.25, -0.2) is 0 Å². The molecule has 2 aromatic rings. The molecule has 5 heteroatoms. The van der Waals surface area contributed by atoms with Crippen LogP contribution in [0.5, 0.6) is 0 Å². The summed E-state index contributed by atoms with van der Waals surface area (Å²) in [6, 6.07) is 14.1. The number of carbonyl (C=O) groups excluding carboxylic acids is 1. The molecular formula is C15H13ClN2O2. The van der Waals surface area contributed by atoms with E-state index in [1.54, 1.807) is 18.2 Å². The molecule has 2 rings (SSSR count). The van der Waals surface area contributed by atoms with Crippen molar-refractivity contribution in [2.24, 2.45) is 5.16 Å². The molecule has 2 aromatic carbocycles. The predicted molar refractivity (Wildman–Crippen MR) is 79.6 cm³/mol. The van der Waals surface area contributed by atoms with Gasteiger partial charge < -0.3 is 10.5 Å². The molecule has 0 atom stereocenters. The summed E-state index contributed by atoms with van der Waals surface area (Å²) in [7, 11) is 0. The average molecular weight is 289 g/mol. The molecular weight excluding hydrogens is 276 g/mol. The van der Waals surface area contributed by atoms with Gasteiger partial charge in [-0.1, -0.05) is 47.1 Å². The van der Waals surface area contributed by atoms with Crippen LogP contribution in [0.1, 0.15) is 18.1 Å². The fraction of sp³-hybridized carbons (Fsp3) is 0.0667. The van der Waals surface area contributed by atoms with Crippen molar-refractivity contribution in [1.82, 2.24) is 0 Å². The maximum Gasteiger partial charge on any atom is 0.221 e. The molecule has 0 spiro atoms. The van der Waals surface area contributed by atoms with Gasteiger partial charge in [0.25, 0.3) is 0 Å². The molecule has 0 heterocycles. The van der Waals surface area contributed by atoms with Crippen molar-refractivity contribution in [2.45, 2.75) is 6.92 Å². The van der Waals surface area contributed by atoms with Gasteiger partial charge in [0.1, 0.15) is 5.71 Å². The van der Waals surface area contributed by atoms with Crippen LogP contribution in [0.3, 0.4) is 0 Å². The molecule has 0 aliphatic heterocycles. The van der Waals surface area contributed by atoms with Crippen molar-refractivity contribution in [1.29, 1.82) is 0 Å². The van der Waals surface area contributed by atoms with Crippen molar-refractivity contribution in [3.63, 3.8) is 0 Å². The number of amides is 1. The molecule has 0 saturated carbocycles. The first-order valence-electron chi connectivity index (χ1n) is 5.97. The Kier molecular flexibility index (Phi) is 4.38. The lowest BCUT2D eigenvalue weighted by atomic mass is 10.0. The zero-order chi connectivity index (χ0) is 14.5. The van der Waals surface area contributed by atoms with Crippen LogP contribution in [0.2, 0.25) is 5.02 Å². The van der Waals surface area contributed by atoms with Crippen LogP contribution in [0.4, 0.5) is 5.69 Å². The van der Waals surface area contributed by atoms with Crippen molar-refractivity contribution in [2.75, 3.05) is 5.32 Å². The van der Waals surface area contributed by atoms with Gasteiger partial charge in [0.2, 0.25) is 5.91 Å². The van der Waals surface area contributed by atoms with E-state index < -0.39 is 0 Å². The van der Waals surface area contributed by atoms with E-state index >= 15 is 0 Å². The number of oxime groups is 1. The molecule has 0 aliphatic carbocycles. The van der Waals surface area contributed by atoms with E-state index in [1.165, 1.54) is 6.92 Å². The lowest BCUT2D eigenvalue weighted by Crippen LogP contribution is -2.12. The lowest BCUT2D eigenvalue weighted by molar-refractivity contribution is -0.114. The third-order valence-corrected chi connectivity index (χ3v) is 2.93. The standard InChI is InChI=1S/C15H13ClN2O2/c1-10(19)17-14-8-7-12(16)9-13(14)15(18-20)11-5-3-2-4-6-11/h2-9,20H,1H3,(H,17,19)/b18-15-. The first-order chi connectivity index (χ1) is 9.61. The van der Waals surface area contributed by atoms with Gasteiger partial charge in [0, 0.05) is 23.1 Å². The van der Waals surface area contributed by atoms with Crippen molar-refractivity contribution >= 4 is 28.9 Å². The van der Waals surface area contributed by atoms with Gasteiger partial charge in [-0.05, 0) is 18.2 Å². The van der Waals surface area contributed by atoms with E-state index in [4.69, 9.17) is 11.6 Å². The zero-order valence-corrected chi connectivity index (χ0v) is 11.6. The van der Waals surface area contributed by atoms with Crippen LogP contribution in [0, 0.1) is 0 Å². The zero-order valence-electron chi connectivity index (χ0n) is 10.8. The van der Waals surface area contributed by atoms with Gasteiger partial charge in [0.15, 0.2) is 0 Å². The normalized spacial score (nSPS) is 11.2. The van der Waals surface area contributed by atoms with E-state index in [-0.39, 0.29) is 5.91 Å². The molecule has 2 N–H and O–H groups in total.